The molecule has 6 heteroatoms. The minimum atomic E-state index is -1.17. The fourth-order valence-corrected chi connectivity index (χ4v) is 17.7. The van der Waals surface area contributed by atoms with E-state index in [1.165, 1.54) is 12.1 Å². The van der Waals surface area contributed by atoms with Crippen molar-refractivity contribution in [2.75, 3.05) is 19.7 Å². The third-order valence-corrected chi connectivity index (χ3v) is 15.1. The van der Waals surface area contributed by atoms with Gasteiger partial charge in [-0.05, 0) is 31.5 Å². The van der Waals surface area contributed by atoms with Crippen molar-refractivity contribution >= 4 is 22.4 Å². The number of hydrogen-bond donors (Lipinski definition) is 0. The van der Waals surface area contributed by atoms with Crippen molar-refractivity contribution in [3.63, 3.8) is 0 Å². The minimum absolute atomic E-state index is 0.177. The molecule has 0 aromatic rings. The van der Waals surface area contributed by atoms with Gasteiger partial charge in [0.05, 0.1) is 13.2 Å². The van der Waals surface area contributed by atoms with E-state index < -0.39 is 16.5 Å². The van der Waals surface area contributed by atoms with E-state index in [-0.39, 0.29) is 5.91 Å². The molecule has 4 nitrogen and oxygen atoms in total. The molecule has 2 saturated heterocycles. The lowest BCUT2D eigenvalue weighted by atomic mass is 10.3. The van der Waals surface area contributed by atoms with Crippen LogP contribution in [0.15, 0.2) is 0 Å². The normalized spacial score (nSPS) is 26.0. The quantitative estimate of drug-likeness (QED) is 0.748. The third-order valence-electron chi connectivity index (χ3n) is 4.61. The van der Waals surface area contributed by atoms with Crippen molar-refractivity contribution in [1.82, 2.24) is 9.29 Å². The maximum atomic E-state index is 11.9. The van der Waals surface area contributed by atoms with Crippen LogP contribution in [-0.4, -0.2) is 51.4 Å². The lowest BCUT2D eigenvalue weighted by Crippen LogP contribution is -2.55. The lowest BCUT2D eigenvalue weighted by molar-refractivity contribution is -0.168. The Morgan fingerprint density at radius 3 is 2.32 bits per heavy atom. The van der Waals surface area contributed by atoms with Gasteiger partial charge in [0.25, 0.3) is 0 Å². The van der Waals surface area contributed by atoms with Crippen molar-refractivity contribution in [3.8, 4) is 0 Å². The average molecular weight is 301 g/mol. The van der Waals surface area contributed by atoms with Crippen LogP contribution in [0.2, 0.25) is 38.3 Å². The van der Waals surface area contributed by atoms with Gasteiger partial charge in [-0.25, -0.2) is 5.06 Å². The highest BCUT2D eigenvalue weighted by Crippen LogP contribution is 2.36. The first kappa shape index (κ1) is 15.2. The monoisotopic (exact) mass is 300 g/mol. The fraction of sp³-hybridized carbons (Fsp3) is 0.923. The summed E-state index contributed by atoms with van der Waals surface area (Å²) < 4.78 is 2.85. The lowest BCUT2D eigenvalue weighted by Gasteiger charge is -2.38. The van der Waals surface area contributed by atoms with E-state index in [9.17, 15) is 4.79 Å². The highest BCUT2D eigenvalue weighted by Gasteiger charge is 2.46. The van der Waals surface area contributed by atoms with Gasteiger partial charge in [-0.15, -0.1) is 0 Å². The van der Waals surface area contributed by atoms with Gasteiger partial charge in [-0.2, -0.15) is 0 Å². The summed E-state index contributed by atoms with van der Waals surface area (Å²) in [5, 5.41) is 1.56. The largest absolute Gasteiger partial charge is 0.345 e. The summed E-state index contributed by atoms with van der Waals surface area (Å²) >= 11 is 0. The van der Waals surface area contributed by atoms with Crippen LogP contribution in [0.1, 0.15) is 19.3 Å². The van der Waals surface area contributed by atoms with E-state index in [0.29, 0.717) is 13.0 Å². The molecule has 0 atom stereocenters. The number of amides is 1. The van der Waals surface area contributed by atoms with Crippen LogP contribution in [-0.2, 0) is 9.63 Å². The first-order valence-corrected chi connectivity index (χ1v) is 13.8. The Morgan fingerprint density at radius 2 is 1.79 bits per heavy atom. The molecule has 0 saturated carbocycles. The third kappa shape index (κ3) is 3.48. The molecular weight excluding hydrogens is 272 g/mol. The van der Waals surface area contributed by atoms with E-state index >= 15 is 0 Å². The standard InChI is InChI=1S/C13H28N2O2Si2/c1-18(2)11-12-19(3,4)15(18)9-5-7-13(16)14-8-6-10-17-14/h5-12H2,1-4H3. The van der Waals surface area contributed by atoms with Gasteiger partial charge in [-0.3, -0.25) is 9.63 Å². The molecule has 2 rings (SSSR count). The van der Waals surface area contributed by atoms with E-state index in [0.717, 1.165) is 25.9 Å². The molecule has 0 aromatic carbocycles. The highest BCUT2D eigenvalue weighted by molar-refractivity contribution is 6.95. The zero-order valence-electron chi connectivity index (χ0n) is 12.9. The number of rotatable bonds is 4. The van der Waals surface area contributed by atoms with Crippen LogP contribution in [0.25, 0.3) is 0 Å². The van der Waals surface area contributed by atoms with E-state index in [4.69, 9.17) is 4.84 Å². The summed E-state index contributed by atoms with van der Waals surface area (Å²) in [6, 6.07) is 2.88. The first-order valence-electron chi connectivity index (χ1n) is 7.54. The number of nitrogens with zero attached hydrogens (tertiary/aromatic N) is 2. The van der Waals surface area contributed by atoms with Crippen molar-refractivity contribution in [3.05, 3.63) is 0 Å². The van der Waals surface area contributed by atoms with Gasteiger partial charge in [-0.1, -0.05) is 26.2 Å². The van der Waals surface area contributed by atoms with Gasteiger partial charge >= 0.3 is 0 Å². The summed E-state index contributed by atoms with van der Waals surface area (Å²) in [6.45, 7) is 12.6. The van der Waals surface area contributed by atoms with Crippen LogP contribution >= 0.6 is 0 Å². The van der Waals surface area contributed by atoms with Gasteiger partial charge in [0, 0.05) is 6.42 Å². The van der Waals surface area contributed by atoms with Gasteiger partial charge in [0.15, 0.2) is 0 Å². The number of carbonyl (C=O) groups excluding carboxylic acids is 1. The molecule has 1 amide bonds. The Balaban J connectivity index is 1.80. The molecule has 110 valence electrons. The molecule has 0 unspecified atom stereocenters. The van der Waals surface area contributed by atoms with Crippen LogP contribution in [0.3, 0.4) is 0 Å². The zero-order valence-corrected chi connectivity index (χ0v) is 14.9. The SMILES string of the molecule is C[Si]1(C)CC[Si](C)(C)N1CCCC(=O)N1CCCO1. The Morgan fingerprint density at radius 1 is 1.16 bits per heavy atom. The molecule has 0 aromatic heterocycles. The number of hydroxylamine groups is 2. The topological polar surface area (TPSA) is 32.8 Å². The molecule has 0 spiro atoms. The summed E-state index contributed by atoms with van der Waals surface area (Å²) in [5.41, 5.74) is 0. The molecule has 0 bridgehead atoms. The number of carbonyl (C=O) groups is 1. The second-order valence-electron chi connectivity index (χ2n) is 7.06. The molecule has 2 aliphatic rings. The maximum Gasteiger partial charge on any atom is 0.246 e. The molecule has 0 radical (unpaired) electrons. The summed E-state index contributed by atoms with van der Waals surface area (Å²) in [7, 11) is -2.34. The Bertz CT molecular complexity index is 326. The van der Waals surface area contributed by atoms with Crippen LogP contribution in [0.5, 0.6) is 0 Å². The Hall–Kier alpha value is -0.176. The summed E-state index contributed by atoms with van der Waals surface area (Å²) in [4.78, 5) is 17.3. The van der Waals surface area contributed by atoms with Gasteiger partial charge < -0.3 is 4.23 Å². The second-order valence-corrected chi connectivity index (χ2v) is 16.8. The van der Waals surface area contributed by atoms with Gasteiger partial charge in [0.2, 0.25) is 5.91 Å². The van der Waals surface area contributed by atoms with Crippen molar-refractivity contribution in [2.45, 2.75) is 57.5 Å². The van der Waals surface area contributed by atoms with Crippen molar-refractivity contribution < 1.29 is 9.63 Å². The summed E-state index contributed by atoms with van der Waals surface area (Å²) in [5.74, 6) is 0.177. The first-order chi connectivity index (χ1) is 8.83. The van der Waals surface area contributed by atoms with Crippen LogP contribution in [0, 0.1) is 0 Å². The molecular formula is C13H28N2O2Si2. The minimum Gasteiger partial charge on any atom is -0.345 e. The smallest absolute Gasteiger partial charge is 0.246 e. The predicted molar refractivity (Wildman–Crippen MR) is 82.8 cm³/mol. The molecule has 0 aliphatic carbocycles. The Labute approximate surface area is 119 Å². The summed E-state index contributed by atoms with van der Waals surface area (Å²) in [6.07, 6.45) is 2.62. The van der Waals surface area contributed by atoms with Gasteiger partial charge in [0.1, 0.15) is 16.5 Å². The molecule has 2 aliphatic heterocycles. The van der Waals surface area contributed by atoms with E-state index in [1.807, 2.05) is 0 Å². The predicted octanol–water partition coefficient (Wildman–Crippen LogP) is 2.66. The fourth-order valence-electron chi connectivity index (χ4n) is 3.46. The van der Waals surface area contributed by atoms with Crippen molar-refractivity contribution in [2.24, 2.45) is 0 Å². The average Bonchev–Trinajstić information content (AvgIpc) is 2.91. The van der Waals surface area contributed by atoms with Crippen LogP contribution < -0.4 is 0 Å². The van der Waals surface area contributed by atoms with Crippen LogP contribution in [0.4, 0.5) is 0 Å². The van der Waals surface area contributed by atoms with Crippen molar-refractivity contribution in [1.29, 1.82) is 0 Å². The molecule has 19 heavy (non-hydrogen) atoms. The number of hydrogen-bond acceptors (Lipinski definition) is 3. The zero-order chi connectivity index (χ0) is 14.1. The molecule has 2 fully saturated rings. The highest BCUT2D eigenvalue weighted by atomic mass is 28.4. The molecule has 0 N–H and O–H groups in total. The molecule has 2 heterocycles. The maximum absolute atomic E-state index is 11.9. The van der Waals surface area contributed by atoms with E-state index in [1.54, 1.807) is 5.06 Å². The Kier molecular flexibility index (Phi) is 4.54. The second kappa shape index (κ2) is 5.67. The van der Waals surface area contributed by atoms with E-state index in [2.05, 4.69) is 30.4 Å².